The van der Waals surface area contributed by atoms with Gasteiger partial charge in [-0.05, 0) is 26.2 Å². The van der Waals surface area contributed by atoms with Crippen LogP contribution < -0.4 is 0 Å². The first kappa shape index (κ1) is 15.1. The summed E-state index contributed by atoms with van der Waals surface area (Å²) in [6, 6.07) is 0. The molecule has 0 aliphatic carbocycles. The van der Waals surface area contributed by atoms with Crippen LogP contribution >= 0.6 is 0 Å². The summed E-state index contributed by atoms with van der Waals surface area (Å²) >= 11 is 0. The van der Waals surface area contributed by atoms with Crippen molar-refractivity contribution < 1.29 is 19.4 Å². The Bertz CT molecular complexity index is 191. The highest BCUT2D eigenvalue weighted by atomic mass is 17.2. The lowest BCUT2D eigenvalue weighted by Gasteiger charge is -1.92. The van der Waals surface area contributed by atoms with Gasteiger partial charge in [0.1, 0.15) is 5.78 Å². The molecule has 4 nitrogen and oxygen atoms in total. The van der Waals surface area contributed by atoms with E-state index < -0.39 is 0 Å². The third kappa shape index (κ3) is 11.2. The first-order chi connectivity index (χ1) is 7.66. The summed E-state index contributed by atoms with van der Waals surface area (Å²) in [5, 5.41) is 0. The Labute approximate surface area is 97.2 Å². The molecular weight excluding hydrogens is 208 g/mol. The van der Waals surface area contributed by atoms with E-state index in [0.717, 1.165) is 25.7 Å². The van der Waals surface area contributed by atoms with Gasteiger partial charge in [-0.25, -0.2) is 4.79 Å². The minimum Gasteiger partial charge on any atom is -0.300 e. The van der Waals surface area contributed by atoms with E-state index in [1.54, 1.807) is 6.92 Å². The molecule has 0 amide bonds. The number of rotatable bonds is 4. The van der Waals surface area contributed by atoms with Gasteiger partial charge in [0.25, 0.3) is 0 Å². The van der Waals surface area contributed by atoms with Crippen LogP contribution in [0, 0.1) is 0 Å². The number of Topliss-reactive ketones (excluding diaryl/α,β-unsaturated/α-hetero) is 1. The van der Waals surface area contributed by atoms with E-state index in [1.807, 2.05) is 0 Å². The second-order valence-electron chi connectivity index (χ2n) is 3.89. The molecule has 1 aliphatic heterocycles. The summed E-state index contributed by atoms with van der Waals surface area (Å²) in [4.78, 5) is 29.4. The van der Waals surface area contributed by atoms with E-state index in [9.17, 15) is 9.59 Å². The van der Waals surface area contributed by atoms with Crippen molar-refractivity contribution in [3.8, 4) is 0 Å². The molecule has 0 atom stereocenters. The van der Waals surface area contributed by atoms with Crippen LogP contribution in [0.3, 0.4) is 0 Å². The highest BCUT2D eigenvalue weighted by Gasteiger charge is 2.07. The molecule has 0 aromatic carbocycles. The van der Waals surface area contributed by atoms with Crippen molar-refractivity contribution in [1.82, 2.24) is 0 Å². The molecule has 0 saturated carbocycles. The van der Waals surface area contributed by atoms with Crippen molar-refractivity contribution in [2.24, 2.45) is 0 Å². The van der Waals surface area contributed by atoms with Crippen LogP contribution in [-0.4, -0.2) is 18.4 Å². The Balaban J connectivity index is 0.000000281. The summed E-state index contributed by atoms with van der Waals surface area (Å²) in [6.07, 6.45) is 6.55. The number of unbranched alkanes of at least 4 members (excludes halogenated alkanes) is 2. The monoisotopic (exact) mass is 230 g/mol. The maximum Gasteiger partial charge on any atom is 0.342 e. The maximum absolute atomic E-state index is 10.3. The SMILES string of the molecule is CCCCCC(C)=O.O=C1CCCCOO1. The van der Waals surface area contributed by atoms with Crippen molar-refractivity contribution in [2.45, 2.75) is 58.8 Å². The van der Waals surface area contributed by atoms with Gasteiger partial charge in [0.2, 0.25) is 0 Å². The van der Waals surface area contributed by atoms with Crippen LogP contribution in [0.25, 0.3) is 0 Å². The maximum atomic E-state index is 10.3. The Kier molecular flexibility index (Phi) is 10.0. The van der Waals surface area contributed by atoms with Crippen molar-refractivity contribution in [3.63, 3.8) is 0 Å². The molecule has 0 unspecified atom stereocenters. The molecule has 0 aromatic rings. The zero-order valence-electron chi connectivity index (χ0n) is 10.3. The van der Waals surface area contributed by atoms with Crippen molar-refractivity contribution in [1.29, 1.82) is 0 Å². The van der Waals surface area contributed by atoms with Crippen LogP contribution in [0.15, 0.2) is 0 Å². The van der Waals surface area contributed by atoms with Gasteiger partial charge in [-0.2, -0.15) is 4.89 Å². The quantitative estimate of drug-likeness (QED) is 0.550. The largest absolute Gasteiger partial charge is 0.342 e. The topological polar surface area (TPSA) is 52.6 Å². The molecule has 0 spiro atoms. The predicted molar refractivity (Wildman–Crippen MR) is 60.7 cm³/mol. The van der Waals surface area contributed by atoms with Gasteiger partial charge in [-0.3, -0.25) is 4.89 Å². The van der Waals surface area contributed by atoms with E-state index in [1.165, 1.54) is 12.8 Å². The van der Waals surface area contributed by atoms with Crippen molar-refractivity contribution in [3.05, 3.63) is 0 Å². The highest BCUT2D eigenvalue weighted by Crippen LogP contribution is 2.03. The molecule has 1 aliphatic rings. The van der Waals surface area contributed by atoms with Gasteiger partial charge in [0.15, 0.2) is 0 Å². The van der Waals surface area contributed by atoms with E-state index in [4.69, 9.17) is 0 Å². The zero-order chi connectivity index (χ0) is 12.2. The number of hydrogen-bond acceptors (Lipinski definition) is 4. The van der Waals surface area contributed by atoms with Crippen LogP contribution in [-0.2, 0) is 19.4 Å². The lowest BCUT2D eigenvalue weighted by molar-refractivity contribution is -0.267. The third-order valence-corrected chi connectivity index (χ3v) is 2.14. The zero-order valence-corrected chi connectivity index (χ0v) is 10.3. The number of ketones is 1. The molecule has 0 N–H and O–H groups in total. The second kappa shape index (κ2) is 10.6. The van der Waals surface area contributed by atoms with Gasteiger partial charge >= 0.3 is 5.97 Å². The lowest BCUT2D eigenvalue weighted by atomic mass is 10.2. The van der Waals surface area contributed by atoms with Crippen molar-refractivity contribution in [2.75, 3.05) is 6.61 Å². The second-order valence-corrected chi connectivity index (χ2v) is 3.89. The van der Waals surface area contributed by atoms with Crippen LogP contribution in [0.4, 0.5) is 0 Å². The highest BCUT2D eigenvalue weighted by molar-refractivity contribution is 5.75. The molecule has 0 radical (unpaired) electrons. The fourth-order valence-corrected chi connectivity index (χ4v) is 1.20. The summed E-state index contributed by atoms with van der Waals surface area (Å²) in [5.41, 5.74) is 0. The molecule has 94 valence electrons. The minimum absolute atomic E-state index is 0.248. The van der Waals surface area contributed by atoms with E-state index >= 15 is 0 Å². The number of carbonyl (C=O) groups is 2. The van der Waals surface area contributed by atoms with Gasteiger partial charge in [-0.15, -0.1) is 0 Å². The summed E-state index contributed by atoms with van der Waals surface area (Å²) in [6.45, 7) is 4.33. The molecule has 1 saturated heterocycles. The summed E-state index contributed by atoms with van der Waals surface area (Å²) in [7, 11) is 0. The lowest BCUT2D eigenvalue weighted by Crippen LogP contribution is -1.99. The molecule has 1 heterocycles. The molecule has 1 fully saturated rings. The average Bonchev–Trinajstić information content (AvgIpc) is 2.47. The average molecular weight is 230 g/mol. The molecule has 4 heteroatoms. The van der Waals surface area contributed by atoms with Crippen LogP contribution in [0.2, 0.25) is 0 Å². The fourth-order valence-electron chi connectivity index (χ4n) is 1.20. The third-order valence-electron chi connectivity index (χ3n) is 2.14. The Morgan fingerprint density at radius 3 is 2.69 bits per heavy atom. The smallest absolute Gasteiger partial charge is 0.300 e. The van der Waals surface area contributed by atoms with Gasteiger partial charge in [0.05, 0.1) is 6.61 Å². The van der Waals surface area contributed by atoms with Gasteiger partial charge in [0, 0.05) is 12.8 Å². The Hall–Kier alpha value is -0.900. The normalized spacial score (nSPS) is 15.5. The Morgan fingerprint density at radius 2 is 2.06 bits per heavy atom. The van der Waals surface area contributed by atoms with E-state index in [0.29, 0.717) is 18.8 Å². The van der Waals surface area contributed by atoms with Crippen molar-refractivity contribution >= 4 is 11.8 Å². The van der Waals surface area contributed by atoms with Crippen LogP contribution in [0.1, 0.15) is 58.8 Å². The fraction of sp³-hybridized carbons (Fsp3) is 0.833. The molecule has 16 heavy (non-hydrogen) atoms. The standard InChI is InChI=1S/C7H14O.C5H8O3/c1-3-4-5-6-7(2)8;6-5-3-1-2-4-7-8-5/h3-6H2,1-2H3;1-4H2. The first-order valence-corrected chi connectivity index (χ1v) is 5.98. The molecule has 1 rings (SSSR count). The molecular formula is C12H22O4. The van der Waals surface area contributed by atoms with E-state index in [-0.39, 0.29) is 5.97 Å². The molecule has 0 bridgehead atoms. The molecule has 0 aromatic heterocycles. The number of hydrogen-bond donors (Lipinski definition) is 0. The Morgan fingerprint density at radius 1 is 1.31 bits per heavy atom. The predicted octanol–water partition coefficient (Wildman–Crippen LogP) is 2.80. The summed E-state index contributed by atoms with van der Waals surface area (Å²) < 4.78 is 0. The van der Waals surface area contributed by atoms with Gasteiger partial charge in [-0.1, -0.05) is 19.8 Å². The summed E-state index contributed by atoms with van der Waals surface area (Å²) in [5.74, 6) is 0.0703. The first-order valence-electron chi connectivity index (χ1n) is 5.98. The van der Waals surface area contributed by atoms with E-state index in [2.05, 4.69) is 16.7 Å². The van der Waals surface area contributed by atoms with Gasteiger partial charge < -0.3 is 4.79 Å². The number of carbonyl (C=O) groups excluding carboxylic acids is 2. The van der Waals surface area contributed by atoms with Crippen LogP contribution in [0.5, 0.6) is 0 Å². The minimum atomic E-state index is -0.248.